The Labute approximate surface area is 132 Å². The average molecular weight is 296 g/mol. The topological polar surface area (TPSA) is 36.4 Å². The van der Waals surface area contributed by atoms with Gasteiger partial charge >= 0.3 is 0 Å². The fraction of sp³-hybridized carbons (Fsp3) is 0.526. The van der Waals surface area contributed by atoms with Crippen molar-refractivity contribution in [3.8, 4) is 0 Å². The SMILES string of the molecule is CC[C@@H]1CN2CCC1C[C@@H]2[C@@H](O)c1ccnc2ccccc12. The van der Waals surface area contributed by atoms with Gasteiger partial charge in [0.25, 0.3) is 0 Å². The summed E-state index contributed by atoms with van der Waals surface area (Å²) in [5, 5.41) is 12.1. The van der Waals surface area contributed by atoms with Crippen molar-refractivity contribution in [3.63, 3.8) is 0 Å². The van der Waals surface area contributed by atoms with E-state index >= 15 is 0 Å². The van der Waals surface area contributed by atoms with Gasteiger partial charge in [-0.1, -0.05) is 31.5 Å². The van der Waals surface area contributed by atoms with E-state index in [9.17, 15) is 5.11 Å². The summed E-state index contributed by atoms with van der Waals surface area (Å²) >= 11 is 0. The number of aliphatic hydroxyl groups excluding tert-OH is 1. The van der Waals surface area contributed by atoms with Gasteiger partial charge in [0, 0.05) is 24.2 Å². The molecule has 116 valence electrons. The lowest BCUT2D eigenvalue weighted by Crippen LogP contribution is -2.55. The summed E-state index contributed by atoms with van der Waals surface area (Å²) in [5.74, 6) is 1.62. The van der Waals surface area contributed by atoms with Gasteiger partial charge in [0.05, 0.1) is 11.6 Å². The predicted octanol–water partition coefficient (Wildman–Crippen LogP) is 3.39. The zero-order chi connectivity index (χ0) is 15.1. The van der Waals surface area contributed by atoms with Crippen molar-refractivity contribution in [2.45, 2.75) is 38.3 Å². The quantitative estimate of drug-likeness (QED) is 0.943. The van der Waals surface area contributed by atoms with Crippen LogP contribution in [0.2, 0.25) is 0 Å². The first-order valence-electron chi connectivity index (χ1n) is 8.53. The molecule has 3 nitrogen and oxygen atoms in total. The number of aromatic nitrogens is 1. The van der Waals surface area contributed by atoms with Gasteiger partial charge < -0.3 is 5.11 Å². The van der Waals surface area contributed by atoms with Crippen LogP contribution in [0.25, 0.3) is 10.9 Å². The fourth-order valence-electron chi connectivity index (χ4n) is 4.55. The summed E-state index contributed by atoms with van der Waals surface area (Å²) in [5.41, 5.74) is 2.01. The molecule has 0 saturated carbocycles. The summed E-state index contributed by atoms with van der Waals surface area (Å²) in [7, 11) is 0. The van der Waals surface area contributed by atoms with E-state index in [0.29, 0.717) is 0 Å². The molecule has 0 spiro atoms. The Bertz CT molecular complexity index is 666. The van der Waals surface area contributed by atoms with Crippen LogP contribution in [0, 0.1) is 11.8 Å². The minimum atomic E-state index is -0.409. The van der Waals surface area contributed by atoms with Crippen LogP contribution in [0.15, 0.2) is 36.5 Å². The third-order valence-corrected chi connectivity index (χ3v) is 5.83. The molecule has 2 aromatic rings. The van der Waals surface area contributed by atoms with Gasteiger partial charge in [-0.05, 0) is 48.9 Å². The molecule has 3 fully saturated rings. The van der Waals surface area contributed by atoms with Gasteiger partial charge in [-0.3, -0.25) is 9.88 Å². The van der Waals surface area contributed by atoms with Crippen molar-refractivity contribution in [3.05, 3.63) is 42.1 Å². The zero-order valence-electron chi connectivity index (χ0n) is 13.2. The normalized spacial score (nSPS) is 32.3. The Morgan fingerprint density at radius 1 is 1.32 bits per heavy atom. The molecule has 3 aliphatic heterocycles. The van der Waals surface area contributed by atoms with Crippen molar-refractivity contribution in [1.82, 2.24) is 9.88 Å². The number of nitrogens with zero attached hydrogens (tertiary/aromatic N) is 2. The second-order valence-electron chi connectivity index (χ2n) is 6.88. The number of hydrogen-bond donors (Lipinski definition) is 1. The maximum atomic E-state index is 11.1. The molecule has 2 unspecified atom stereocenters. The summed E-state index contributed by atoms with van der Waals surface area (Å²) in [4.78, 5) is 6.94. The lowest BCUT2D eigenvalue weighted by Gasteiger charge is -2.51. The van der Waals surface area contributed by atoms with E-state index in [-0.39, 0.29) is 6.04 Å². The largest absolute Gasteiger partial charge is 0.387 e. The van der Waals surface area contributed by atoms with E-state index in [2.05, 4.69) is 22.9 Å². The maximum Gasteiger partial charge on any atom is 0.0952 e. The number of pyridine rings is 1. The van der Waals surface area contributed by atoms with Gasteiger partial charge in [0.15, 0.2) is 0 Å². The monoisotopic (exact) mass is 296 g/mol. The second-order valence-corrected chi connectivity index (χ2v) is 6.88. The zero-order valence-corrected chi connectivity index (χ0v) is 13.2. The number of aliphatic hydroxyl groups is 1. The smallest absolute Gasteiger partial charge is 0.0952 e. The molecule has 3 saturated heterocycles. The van der Waals surface area contributed by atoms with E-state index < -0.39 is 6.10 Å². The minimum absolute atomic E-state index is 0.271. The first-order valence-corrected chi connectivity index (χ1v) is 8.53. The Balaban J connectivity index is 1.66. The number of rotatable bonds is 3. The number of hydrogen-bond acceptors (Lipinski definition) is 3. The van der Waals surface area contributed by atoms with Gasteiger partial charge in [-0.25, -0.2) is 0 Å². The van der Waals surface area contributed by atoms with Crippen LogP contribution in [0.4, 0.5) is 0 Å². The minimum Gasteiger partial charge on any atom is -0.387 e. The average Bonchev–Trinajstić information content (AvgIpc) is 2.60. The van der Waals surface area contributed by atoms with Crippen LogP contribution < -0.4 is 0 Å². The Morgan fingerprint density at radius 3 is 2.95 bits per heavy atom. The van der Waals surface area contributed by atoms with Crippen LogP contribution in [0.3, 0.4) is 0 Å². The molecule has 1 aromatic carbocycles. The molecular weight excluding hydrogens is 272 g/mol. The molecule has 1 aromatic heterocycles. The molecule has 3 heteroatoms. The predicted molar refractivity (Wildman–Crippen MR) is 88.6 cm³/mol. The van der Waals surface area contributed by atoms with E-state index in [0.717, 1.165) is 47.8 Å². The standard InChI is InChI=1S/C19H24N2O/c1-2-13-12-21-10-8-14(13)11-18(21)19(22)16-7-9-20-17-6-4-3-5-15(16)17/h3-7,9,13-14,18-19,22H,2,8,10-12H2,1H3/t13-,14?,18-,19+/m1/s1. The van der Waals surface area contributed by atoms with Crippen molar-refractivity contribution < 1.29 is 5.11 Å². The lowest BCUT2D eigenvalue weighted by molar-refractivity contribution is -0.0562. The van der Waals surface area contributed by atoms with Gasteiger partial charge in [0.1, 0.15) is 0 Å². The summed E-state index contributed by atoms with van der Waals surface area (Å²) < 4.78 is 0. The molecule has 5 rings (SSSR count). The molecule has 0 radical (unpaired) electrons. The Morgan fingerprint density at radius 2 is 2.18 bits per heavy atom. The van der Waals surface area contributed by atoms with Crippen molar-refractivity contribution in [1.29, 1.82) is 0 Å². The summed E-state index contributed by atoms with van der Waals surface area (Å²) in [6.07, 6.45) is 5.12. The van der Waals surface area contributed by atoms with Gasteiger partial charge in [0.2, 0.25) is 0 Å². The van der Waals surface area contributed by atoms with Crippen LogP contribution >= 0.6 is 0 Å². The third-order valence-electron chi connectivity index (χ3n) is 5.83. The van der Waals surface area contributed by atoms with E-state index in [1.54, 1.807) is 0 Å². The molecule has 2 bridgehead atoms. The number of piperidine rings is 3. The van der Waals surface area contributed by atoms with E-state index in [4.69, 9.17) is 0 Å². The van der Waals surface area contributed by atoms with Crippen LogP contribution in [-0.4, -0.2) is 34.1 Å². The van der Waals surface area contributed by atoms with Crippen molar-refractivity contribution in [2.75, 3.05) is 13.1 Å². The molecule has 22 heavy (non-hydrogen) atoms. The highest BCUT2D eigenvalue weighted by molar-refractivity contribution is 5.82. The second kappa shape index (κ2) is 5.64. The fourth-order valence-corrected chi connectivity index (χ4v) is 4.55. The van der Waals surface area contributed by atoms with Crippen molar-refractivity contribution >= 4 is 10.9 Å². The van der Waals surface area contributed by atoms with E-state index in [1.807, 2.05) is 30.5 Å². The molecule has 0 aliphatic carbocycles. The van der Waals surface area contributed by atoms with Crippen LogP contribution in [-0.2, 0) is 0 Å². The molecule has 1 N–H and O–H groups in total. The van der Waals surface area contributed by atoms with Gasteiger partial charge in [-0.15, -0.1) is 0 Å². The van der Waals surface area contributed by atoms with Gasteiger partial charge in [-0.2, -0.15) is 0 Å². The highest BCUT2D eigenvalue weighted by Gasteiger charge is 2.42. The summed E-state index contributed by atoms with van der Waals surface area (Å²) in [6.45, 7) is 4.60. The molecule has 3 aliphatic rings. The molecule has 5 atom stereocenters. The van der Waals surface area contributed by atoms with E-state index in [1.165, 1.54) is 12.8 Å². The first-order chi connectivity index (χ1) is 10.8. The Kier molecular flexibility index (Phi) is 3.63. The third kappa shape index (κ3) is 2.24. The number of benzene rings is 1. The number of fused-ring (bicyclic) bond motifs is 4. The maximum absolute atomic E-state index is 11.1. The first kappa shape index (κ1) is 14.2. The number of para-hydroxylation sites is 1. The van der Waals surface area contributed by atoms with Crippen LogP contribution in [0.5, 0.6) is 0 Å². The van der Waals surface area contributed by atoms with Crippen LogP contribution in [0.1, 0.15) is 37.9 Å². The molecule has 0 amide bonds. The highest BCUT2D eigenvalue weighted by Crippen LogP contribution is 2.42. The Hall–Kier alpha value is -1.45. The lowest BCUT2D eigenvalue weighted by atomic mass is 9.72. The van der Waals surface area contributed by atoms with Crippen molar-refractivity contribution in [2.24, 2.45) is 11.8 Å². The summed E-state index contributed by atoms with van der Waals surface area (Å²) in [6, 6.07) is 10.4. The highest BCUT2D eigenvalue weighted by atomic mass is 16.3. The molecular formula is C19H24N2O. The molecule has 4 heterocycles.